The largest absolute Gasteiger partial charge is 0.494 e. The van der Waals surface area contributed by atoms with Crippen molar-refractivity contribution in [2.75, 3.05) is 25.6 Å². The molecule has 4 aromatic rings. The summed E-state index contributed by atoms with van der Waals surface area (Å²) in [6, 6.07) is 25.0. The number of ether oxygens (including phenoxy) is 3. The number of benzene rings is 3. The Balaban J connectivity index is 1.19. The van der Waals surface area contributed by atoms with E-state index in [1.807, 2.05) is 26.2 Å². The number of rotatable bonds is 16. The molecule has 0 radical (unpaired) electrons. The normalized spacial score (nSPS) is 10.7. The van der Waals surface area contributed by atoms with E-state index in [-0.39, 0.29) is 0 Å². The highest BCUT2D eigenvalue weighted by atomic mass is 16.5. The summed E-state index contributed by atoms with van der Waals surface area (Å²) < 4.78 is 18.9. The lowest BCUT2D eigenvalue weighted by Crippen LogP contribution is -2.34. The molecule has 0 aliphatic heterocycles. The van der Waals surface area contributed by atoms with Crippen LogP contribution in [0.2, 0.25) is 0 Å². The first-order valence-electron chi connectivity index (χ1n) is 15.4. The van der Waals surface area contributed by atoms with E-state index >= 15 is 0 Å². The van der Waals surface area contributed by atoms with Gasteiger partial charge in [-0.2, -0.15) is 0 Å². The number of nitrogens with zero attached hydrogens (tertiary/aromatic N) is 2. The van der Waals surface area contributed by atoms with E-state index in [2.05, 4.69) is 40.9 Å². The van der Waals surface area contributed by atoms with Crippen molar-refractivity contribution in [2.24, 2.45) is 0 Å². The van der Waals surface area contributed by atoms with Crippen molar-refractivity contribution < 1.29 is 28.4 Å². The summed E-state index contributed by atoms with van der Waals surface area (Å²) in [7, 11) is 4.04. The molecular formula is C37H43N2O5+. The van der Waals surface area contributed by atoms with Gasteiger partial charge in [0.2, 0.25) is 0 Å². The van der Waals surface area contributed by atoms with Gasteiger partial charge < -0.3 is 19.1 Å². The van der Waals surface area contributed by atoms with Crippen molar-refractivity contribution in [3.63, 3.8) is 0 Å². The number of carbonyl (C=O) groups is 2. The monoisotopic (exact) mass is 595 g/mol. The van der Waals surface area contributed by atoms with Crippen LogP contribution >= 0.6 is 0 Å². The molecule has 230 valence electrons. The maximum Gasteiger partial charge on any atom is 0.343 e. The van der Waals surface area contributed by atoms with Crippen molar-refractivity contribution in [1.29, 1.82) is 0 Å². The molecular weight excluding hydrogens is 552 g/mol. The second-order valence-electron chi connectivity index (χ2n) is 11.0. The van der Waals surface area contributed by atoms with Crippen molar-refractivity contribution in [1.82, 2.24) is 0 Å². The first-order chi connectivity index (χ1) is 21.4. The highest BCUT2D eigenvalue weighted by Crippen LogP contribution is 2.21. The van der Waals surface area contributed by atoms with Gasteiger partial charge >= 0.3 is 11.9 Å². The van der Waals surface area contributed by atoms with Gasteiger partial charge in [0.25, 0.3) is 0 Å². The number of aryl methyl sites for hydroxylation is 2. The quantitative estimate of drug-likeness (QED) is 0.0580. The maximum absolute atomic E-state index is 12.7. The van der Waals surface area contributed by atoms with Crippen molar-refractivity contribution in [3.8, 4) is 17.2 Å². The zero-order valence-electron chi connectivity index (χ0n) is 26.0. The van der Waals surface area contributed by atoms with Crippen LogP contribution in [0, 0.1) is 0 Å². The third-order valence-electron chi connectivity index (χ3n) is 7.34. The Morgan fingerprint density at radius 2 is 1.14 bits per heavy atom. The molecule has 4 rings (SSSR count). The second kappa shape index (κ2) is 16.8. The van der Waals surface area contributed by atoms with Gasteiger partial charge in [-0.3, -0.25) is 0 Å². The average Bonchev–Trinajstić information content (AvgIpc) is 3.05. The zero-order valence-corrected chi connectivity index (χ0v) is 26.0. The number of anilines is 1. The molecule has 3 aromatic carbocycles. The van der Waals surface area contributed by atoms with Gasteiger partial charge in [0, 0.05) is 38.3 Å². The number of carbonyl (C=O) groups excluding carboxylic acids is 2. The molecule has 7 heteroatoms. The van der Waals surface area contributed by atoms with Gasteiger partial charge in [0.1, 0.15) is 17.2 Å². The molecule has 0 fully saturated rings. The van der Waals surface area contributed by atoms with E-state index in [1.165, 1.54) is 32.1 Å². The fourth-order valence-corrected chi connectivity index (χ4v) is 4.63. The van der Waals surface area contributed by atoms with Crippen molar-refractivity contribution >= 4 is 17.6 Å². The van der Waals surface area contributed by atoms with Crippen LogP contribution in [-0.2, 0) is 13.0 Å². The van der Waals surface area contributed by atoms with E-state index < -0.39 is 11.9 Å². The van der Waals surface area contributed by atoms with E-state index in [0.29, 0.717) is 29.2 Å². The number of hydrogen-bond acceptors (Lipinski definition) is 6. The molecule has 1 heterocycles. The molecule has 1 aromatic heterocycles. The SMILES string of the molecule is CCCCCCCCOc1ccc(C(=O)Oc2ccc(OC(=O)c3ccc(CC[n+]4ccc(N(C)C)cc4)cc3)cc2)cc1. The Labute approximate surface area is 261 Å². The van der Waals surface area contributed by atoms with Crippen LogP contribution in [-0.4, -0.2) is 32.6 Å². The molecule has 7 nitrogen and oxygen atoms in total. The third-order valence-corrected chi connectivity index (χ3v) is 7.34. The lowest BCUT2D eigenvalue weighted by Gasteiger charge is -2.10. The van der Waals surface area contributed by atoms with Gasteiger partial charge in [-0.1, -0.05) is 51.2 Å². The molecule has 0 saturated heterocycles. The first kappa shape index (κ1) is 32.3. The highest BCUT2D eigenvalue weighted by Gasteiger charge is 2.12. The van der Waals surface area contributed by atoms with Gasteiger partial charge in [-0.25, -0.2) is 14.2 Å². The zero-order chi connectivity index (χ0) is 31.1. The van der Waals surface area contributed by atoms with Gasteiger partial charge in [-0.15, -0.1) is 0 Å². The highest BCUT2D eigenvalue weighted by molar-refractivity contribution is 5.92. The summed E-state index contributed by atoms with van der Waals surface area (Å²) in [6.45, 7) is 3.73. The number of pyridine rings is 1. The Kier molecular flexibility index (Phi) is 12.4. The van der Waals surface area contributed by atoms with Crippen LogP contribution < -0.4 is 23.7 Å². The molecule has 0 atom stereocenters. The summed E-state index contributed by atoms with van der Waals surface area (Å²) in [5.41, 5.74) is 3.18. The second-order valence-corrected chi connectivity index (χ2v) is 11.0. The van der Waals surface area contributed by atoms with Gasteiger partial charge in [0.05, 0.1) is 17.7 Å². The van der Waals surface area contributed by atoms with E-state index in [0.717, 1.165) is 36.4 Å². The molecule has 0 spiro atoms. The smallest absolute Gasteiger partial charge is 0.343 e. The maximum atomic E-state index is 12.7. The fraction of sp³-hybridized carbons (Fsp3) is 0.324. The fourth-order valence-electron chi connectivity index (χ4n) is 4.63. The molecule has 0 aliphatic rings. The van der Waals surface area contributed by atoms with Crippen LogP contribution in [0.4, 0.5) is 5.69 Å². The standard InChI is InChI=1S/C37H43N2O5/c1-4-5-6-7-8-9-28-42-33-16-14-31(15-17-33)37(41)44-35-20-18-34(19-21-35)43-36(40)30-12-10-29(11-13-30)22-25-39-26-23-32(24-27-39)38(2)3/h10-21,23-24,26-27H,4-9,22,25,28H2,1-3H3/q+1. The minimum atomic E-state index is -0.471. The minimum Gasteiger partial charge on any atom is -0.494 e. The van der Waals surface area contributed by atoms with Crippen molar-refractivity contribution in [3.05, 3.63) is 114 Å². The third kappa shape index (κ3) is 10.3. The number of unbranched alkanes of at least 4 members (excludes halogenated alkanes) is 5. The Bertz CT molecular complexity index is 1450. The van der Waals surface area contributed by atoms with Gasteiger partial charge in [0.15, 0.2) is 18.9 Å². The molecule has 0 aliphatic carbocycles. The van der Waals surface area contributed by atoms with Crippen LogP contribution in [0.3, 0.4) is 0 Å². The minimum absolute atomic E-state index is 0.358. The molecule has 0 amide bonds. The summed E-state index contributed by atoms with van der Waals surface area (Å²) in [5, 5.41) is 0. The Hall–Kier alpha value is -4.65. The number of esters is 2. The predicted molar refractivity (Wildman–Crippen MR) is 173 cm³/mol. The summed E-state index contributed by atoms with van der Waals surface area (Å²) in [4.78, 5) is 27.3. The summed E-state index contributed by atoms with van der Waals surface area (Å²) in [6.07, 6.45) is 12.2. The molecule has 44 heavy (non-hydrogen) atoms. The predicted octanol–water partition coefficient (Wildman–Crippen LogP) is 7.46. The number of hydrogen-bond donors (Lipinski definition) is 0. The Morgan fingerprint density at radius 1 is 0.636 bits per heavy atom. The van der Waals surface area contributed by atoms with Crippen molar-refractivity contribution in [2.45, 2.75) is 58.4 Å². The molecule has 0 unspecified atom stereocenters. The summed E-state index contributed by atoms with van der Waals surface area (Å²) >= 11 is 0. The lowest BCUT2D eigenvalue weighted by atomic mass is 10.1. The lowest BCUT2D eigenvalue weighted by molar-refractivity contribution is -0.696. The van der Waals surface area contributed by atoms with Crippen LogP contribution in [0.15, 0.2) is 97.3 Å². The van der Waals surface area contributed by atoms with E-state index in [4.69, 9.17) is 14.2 Å². The van der Waals surface area contributed by atoms with Crippen LogP contribution in [0.5, 0.6) is 17.2 Å². The first-order valence-corrected chi connectivity index (χ1v) is 15.4. The van der Waals surface area contributed by atoms with Crippen LogP contribution in [0.25, 0.3) is 0 Å². The molecule has 0 N–H and O–H groups in total. The van der Waals surface area contributed by atoms with E-state index in [1.54, 1.807) is 60.7 Å². The summed E-state index contributed by atoms with van der Waals surface area (Å²) in [5.74, 6) is 0.538. The van der Waals surface area contributed by atoms with E-state index in [9.17, 15) is 9.59 Å². The number of aromatic nitrogens is 1. The van der Waals surface area contributed by atoms with Crippen LogP contribution in [0.1, 0.15) is 71.7 Å². The Morgan fingerprint density at radius 3 is 1.68 bits per heavy atom. The van der Waals surface area contributed by atoms with Gasteiger partial charge in [-0.05, 0) is 72.6 Å². The topological polar surface area (TPSA) is 69.0 Å². The molecule has 0 bridgehead atoms. The average molecular weight is 596 g/mol. The molecule has 0 saturated carbocycles.